The molecule has 0 radical (unpaired) electrons. The molecule has 1 aliphatic rings. The standard InChI is InChI=1S/C17H24FN3O3S/c1-17(2,3)24-16(22)21-8-6-12(7-9-21)23-14-5-4-11(18)10-13(14)20-15(19)25/h4-5,10,12H,6-9H2,1-3H3,(H3,19,20,25). The summed E-state index contributed by atoms with van der Waals surface area (Å²) >= 11 is 4.80. The Morgan fingerprint density at radius 3 is 2.56 bits per heavy atom. The van der Waals surface area contributed by atoms with Crippen molar-refractivity contribution >= 4 is 29.1 Å². The third kappa shape index (κ3) is 6.04. The van der Waals surface area contributed by atoms with Crippen molar-refractivity contribution in [2.24, 2.45) is 5.73 Å². The highest BCUT2D eigenvalue weighted by Crippen LogP contribution is 2.28. The molecule has 1 aliphatic heterocycles. The molecule has 2 rings (SSSR count). The Hall–Kier alpha value is -2.09. The van der Waals surface area contributed by atoms with Crippen molar-refractivity contribution in [1.82, 2.24) is 4.90 Å². The number of halogens is 1. The number of piperidine rings is 1. The summed E-state index contributed by atoms with van der Waals surface area (Å²) in [6.07, 6.45) is 0.909. The number of nitrogens with zero attached hydrogens (tertiary/aromatic N) is 1. The van der Waals surface area contributed by atoms with Crippen molar-refractivity contribution in [1.29, 1.82) is 0 Å². The van der Waals surface area contributed by atoms with E-state index < -0.39 is 11.4 Å². The van der Waals surface area contributed by atoms with Crippen LogP contribution in [0.4, 0.5) is 14.9 Å². The van der Waals surface area contributed by atoms with Crippen LogP contribution in [0.25, 0.3) is 0 Å². The number of ether oxygens (including phenoxy) is 2. The minimum Gasteiger partial charge on any atom is -0.488 e. The first-order valence-electron chi connectivity index (χ1n) is 8.14. The summed E-state index contributed by atoms with van der Waals surface area (Å²) < 4.78 is 24.7. The van der Waals surface area contributed by atoms with Gasteiger partial charge in [0.05, 0.1) is 5.69 Å². The minimum atomic E-state index is -0.514. The van der Waals surface area contributed by atoms with Gasteiger partial charge in [-0.25, -0.2) is 9.18 Å². The smallest absolute Gasteiger partial charge is 0.410 e. The summed E-state index contributed by atoms with van der Waals surface area (Å²) in [7, 11) is 0. The molecule has 1 aromatic rings. The number of anilines is 1. The zero-order chi connectivity index (χ0) is 18.6. The van der Waals surface area contributed by atoms with Gasteiger partial charge in [-0.2, -0.15) is 0 Å². The number of nitrogens with two attached hydrogens (primary N) is 1. The van der Waals surface area contributed by atoms with Crippen molar-refractivity contribution in [3.05, 3.63) is 24.0 Å². The number of hydrogen-bond acceptors (Lipinski definition) is 4. The maximum atomic E-state index is 13.4. The molecular formula is C17H24FN3O3S. The van der Waals surface area contributed by atoms with E-state index in [9.17, 15) is 9.18 Å². The van der Waals surface area contributed by atoms with Crippen molar-refractivity contribution in [2.45, 2.75) is 45.3 Å². The van der Waals surface area contributed by atoms with Crippen LogP contribution in [0.5, 0.6) is 5.75 Å². The zero-order valence-corrected chi connectivity index (χ0v) is 15.5. The van der Waals surface area contributed by atoms with Crippen molar-refractivity contribution in [2.75, 3.05) is 18.4 Å². The Balaban J connectivity index is 1.94. The Kier molecular flexibility index (Phi) is 6.05. The predicted molar refractivity (Wildman–Crippen MR) is 98.3 cm³/mol. The van der Waals surface area contributed by atoms with Gasteiger partial charge < -0.3 is 25.4 Å². The highest BCUT2D eigenvalue weighted by atomic mass is 32.1. The summed E-state index contributed by atoms with van der Waals surface area (Å²) in [6.45, 7) is 6.60. The van der Waals surface area contributed by atoms with E-state index in [2.05, 4.69) is 5.32 Å². The monoisotopic (exact) mass is 369 g/mol. The molecule has 0 saturated carbocycles. The largest absolute Gasteiger partial charge is 0.488 e. The molecule has 138 valence electrons. The average Bonchev–Trinajstić information content (AvgIpc) is 2.48. The lowest BCUT2D eigenvalue weighted by atomic mass is 10.1. The molecule has 0 aromatic heterocycles. The molecular weight excluding hydrogens is 345 g/mol. The number of likely N-dealkylation sites (tertiary alicyclic amines) is 1. The maximum absolute atomic E-state index is 13.4. The summed E-state index contributed by atoms with van der Waals surface area (Å²) in [5, 5.41) is 2.75. The van der Waals surface area contributed by atoms with Gasteiger partial charge in [-0.05, 0) is 45.1 Å². The minimum absolute atomic E-state index is 0.0372. The molecule has 3 N–H and O–H groups in total. The molecule has 1 heterocycles. The second-order valence-electron chi connectivity index (χ2n) is 6.91. The summed E-state index contributed by atoms with van der Waals surface area (Å²) in [5.41, 5.74) is 5.34. The lowest BCUT2D eigenvalue weighted by molar-refractivity contribution is 0.0127. The molecule has 1 amide bonds. The van der Waals surface area contributed by atoms with Gasteiger partial charge in [0, 0.05) is 32.0 Å². The van der Waals surface area contributed by atoms with Crippen LogP contribution in [0.1, 0.15) is 33.6 Å². The molecule has 1 saturated heterocycles. The normalized spacial score (nSPS) is 15.6. The second-order valence-corrected chi connectivity index (χ2v) is 7.35. The van der Waals surface area contributed by atoms with Gasteiger partial charge >= 0.3 is 6.09 Å². The Morgan fingerprint density at radius 2 is 2.00 bits per heavy atom. The first-order valence-corrected chi connectivity index (χ1v) is 8.55. The van der Waals surface area contributed by atoms with Crippen LogP contribution in [-0.4, -0.2) is 40.9 Å². The van der Waals surface area contributed by atoms with Crippen molar-refractivity contribution in [3.63, 3.8) is 0 Å². The fourth-order valence-corrected chi connectivity index (χ4v) is 2.61. The van der Waals surface area contributed by atoms with Gasteiger partial charge in [0.15, 0.2) is 5.11 Å². The van der Waals surface area contributed by atoms with E-state index in [1.807, 2.05) is 20.8 Å². The van der Waals surface area contributed by atoms with E-state index in [-0.39, 0.29) is 17.3 Å². The number of carbonyl (C=O) groups excluding carboxylic acids is 1. The number of nitrogens with one attached hydrogen (secondary N) is 1. The number of thiocarbonyl (C=S) groups is 1. The lowest BCUT2D eigenvalue weighted by Crippen LogP contribution is -2.44. The molecule has 0 spiro atoms. The molecule has 6 nitrogen and oxygen atoms in total. The van der Waals surface area contributed by atoms with E-state index in [0.717, 1.165) is 0 Å². The maximum Gasteiger partial charge on any atom is 0.410 e. The Morgan fingerprint density at radius 1 is 1.36 bits per heavy atom. The van der Waals surface area contributed by atoms with Crippen LogP contribution in [0.3, 0.4) is 0 Å². The molecule has 25 heavy (non-hydrogen) atoms. The Labute approximate surface area is 152 Å². The van der Waals surface area contributed by atoms with Gasteiger partial charge in [0.25, 0.3) is 0 Å². The highest BCUT2D eigenvalue weighted by Gasteiger charge is 2.28. The third-order valence-corrected chi connectivity index (χ3v) is 3.69. The van der Waals surface area contributed by atoms with Crippen molar-refractivity contribution in [3.8, 4) is 5.75 Å². The average molecular weight is 369 g/mol. The molecule has 1 aromatic carbocycles. The SMILES string of the molecule is CC(C)(C)OC(=O)N1CCC(Oc2ccc(F)cc2NC(N)=S)CC1. The summed E-state index contributed by atoms with van der Waals surface area (Å²) in [4.78, 5) is 13.7. The zero-order valence-electron chi connectivity index (χ0n) is 14.7. The molecule has 1 fully saturated rings. The van der Waals surface area contributed by atoms with Gasteiger partial charge in [-0.15, -0.1) is 0 Å². The van der Waals surface area contributed by atoms with Crippen LogP contribution in [0.15, 0.2) is 18.2 Å². The molecule has 8 heteroatoms. The van der Waals surface area contributed by atoms with E-state index in [0.29, 0.717) is 37.4 Å². The second kappa shape index (κ2) is 7.86. The van der Waals surface area contributed by atoms with Crippen LogP contribution in [0.2, 0.25) is 0 Å². The number of benzene rings is 1. The van der Waals surface area contributed by atoms with E-state index >= 15 is 0 Å². The third-order valence-electron chi connectivity index (χ3n) is 3.59. The first-order chi connectivity index (χ1) is 11.6. The predicted octanol–water partition coefficient (Wildman–Crippen LogP) is 3.26. The molecule has 0 aliphatic carbocycles. The number of hydrogen-bond donors (Lipinski definition) is 2. The number of amides is 1. The van der Waals surface area contributed by atoms with Crippen LogP contribution in [0, 0.1) is 5.82 Å². The van der Waals surface area contributed by atoms with E-state index in [4.69, 9.17) is 27.4 Å². The van der Waals surface area contributed by atoms with Crippen molar-refractivity contribution < 1.29 is 18.7 Å². The Bertz CT molecular complexity index is 641. The highest BCUT2D eigenvalue weighted by molar-refractivity contribution is 7.80. The molecule has 0 bridgehead atoms. The first kappa shape index (κ1) is 19.2. The quantitative estimate of drug-likeness (QED) is 0.797. The fraction of sp³-hybridized carbons (Fsp3) is 0.529. The van der Waals surface area contributed by atoms with Gasteiger partial charge in [-0.1, -0.05) is 0 Å². The van der Waals surface area contributed by atoms with Crippen LogP contribution >= 0.6 is 12.2 Å². The van der Waals surface area contributed by atoms with E-state index in [1.165, 1.54) is 18.2 Å². The van der Waals surface area contributed by atoms with Gasteiger partial charge in [0.1, 0.15) is 23.3 Å². The van der Waals surface area contributed by atoms with Gasteiger partial charge in [0.2, 0.25) is 0 Å². The van der Waals surface area contributed by atoms with Gasteiger partial charge in [-0.3, -0.25) is 0 Å². The number of rotatable bonds is 3. The molecule has 0 atom stereocenters. The lowest BCUT2D eigenvalue weighted by Gasteiger charge is -2.33. The van der Waals surface area contributed by atoms with Crippen LogP contribution in [-0.2, 0) is 4.74 Å². The summed E-state index contributed by atoms with van der Waals surface area (Å²) in [6, 6.07) is 4.14. The summed E-state index contributed by atoms with van der Waals surface area (Å²) in [5.74, 6) is 0.0655. The molecule has 0 unspecified atom stereocenters. The van der Waals surface area contributed by atoms with Crippen LogP contribution < -0.4 is 15.8 Å². The van der Waals surface area contributed by atoms with E-state index in [1.54, 1.807) is 4.90 Å². The topological polar surface area (TPSA) is 76.8 Å². The fourth-order valence-electron chi connectivity index (χ4n) is 2.50. The number of carbonyl (C=O) groups is 1.